The van der Waals surface area contributed by atoms with Crippen LogP contribution in [0.15, 0.2) is 17.2 Å². The van der Waals surface area contributed by atoms with Crippen molar-refractivity contribution in [3.8, 4) is 0 Å². The second kappa shape index (κ2) is 2.60. The van der Waals surface area contributed by atoms with Crippen molar-refractivity contribution in [2.75, 3.05) is 5.43 Å². The van der Waals surface area contributed by atoms with Gasteiger partial charge in [-0.15, -0.1) is 5.10 Å². The summed E-state index contributed by atoms with van der Waals surface area (Å²) >= 11 is 0. The number of nitrogens with zero attached hydrogens (tertiary/aromatic N) is 3. The van der Waals surface area contributed by atoms with E-state index in [0.717, 1.165) is 33.4 Å². The summed E-state index contributed by atoms with van der Waals surface area (Å²) in [7, 11) is 0. The molecule has 2 aromatic rings. The van der Waals surface area contributed by atoms with Crippen molar-refractivity contribution in [3.63, 3.8) is 0 Å². The summed E-state index contributed by atoms with van der Waals surface area (Å²) in [5.74, 6) is 0. The van der Waals surface area contributed by atoms with Crippen molar-refractivity contribution in [1.29, 1.82) is 0 Å². The molecule has 2 aliphatic rings. The van der Waals surface area contributed by atoms with E-state index in [2.05, 4.69) is 37.5 Å². The lowest BCUT2D eigenvalue weighted by Gasteiger charge is -2.06. The molecule has 78 valence electrons. The monoisotopic (exact) mass is 212 g/mol. The second-order valence-electron chi connectivity index (χ2n) is 3.82. The van der Waals surface area contributed by atoms with Gasteiger partial charge in [0.05, 0.1) is 11.0 Å². The Kier molecular flexibility index (Phi) is 1.28. The van der Waals surface area contributed by atoms with Gasteiger partial charge in [0, 0.05) is 5.22 Å². The van der Waals surface area contributed by atoms with E-state index in [1.54, 1.807) is 0 Å². The van der Waals surface area contributed by atoms with E-state index in [0.29, 0.717) is 0 Å². The molecule has 16 heavy (non-hydrogen) atoms. The molecule has 0 amide bonds. The minimum Gasteiger partial charge on any atom is -0.283 e. The quantitative estimate of drug-likeness (QED) is 0.517. The molecule has 0 bridgehead atoms. The molecule has 1 aromatic heterocycles. The van der Waals surface area contributed by atoms with Crippen molar-refractivity contribution in [2.45, 2.75) is 6.42 Å². The lowest BCUT2D eigenvalue weighted by atomic mass is 10.0. The van der Waals surface area contributed by atoms with Crippen LogP contribution in [0.25, 0.3) is 6.08 Å². The van der Waals surface area contributed by atoms with Crippen LogP contribution in [0, 0.1) is 10.6 Å². The van der Waals surface area contributed by atoms with E-state index in [9.17, 15) is 0 Å². The summed E-state index contributed by atoms with van der Waals surface area (Å²) in [6.45, 7) is 0. The Labute approximate surface area is 89.3 Å². The van der Waals surface area contributed by atoms with Crippen molar-refractivity contribution < 1.29 is 0 Å². The molecule has 1 aromatic carbocycles. The van der Waals surface area contributed by atoms with Crippen molar-refractivity contribution in [2.24, 2.45) is 5.10 Å². The highest BCUT2D eigenvalue weighted by molar-refractivity contribution is 5.56. The molecule has 0 saturated carbocycles. The number of rotatable bonds is 0. The molecule has 0 unspecified atom stereocenters. The molecule has 0 saturated heterocycles. The predicted molar refractivity (Wildman–Crippen MR) is 56.2 cm³/mol. The fourth-order valence-electron chi connectivity index (χ4n) is 2.23. The van der Waals surface area contributed by atoms with E-state index in [4.69, 9.17) is 0 Å². The first kappa shape index (κ1) is 7.86. The van der Waals surface area contributed by atoms with E-state index in [1.807, 2.05) is 12.1 Å². The van der Waals surface area contributed by atoms with Crippen LogP contribution in [0.4, 0.5) is 5.69 Å². The van der Waals surface area contributed by atoms with Crippen LogP contribution >= 0.6 is 0 Å². The van der Waals surface area contributed by atoms with Crippen molar-refractivity contribution in [1.82, 2.24) is 20.9 Å². The summed E-state index contributed by atoms with van der Waals surface area (Å²) < 4.78 is 0. The maximum atomic E-state index is 4.13. The van der Waals surface area contributed by atoms with Gasteiger partial charge >= 0.3 is 0 Å². The number of H-pyrrole nitrogens is 1. The van der Waals surface area contributed by atoms with Gasteiger partial charge in [0.15, 0.2) is 0 Å². The average Bonchev–Trinajstić information content (AvgIpc) is 2.96. The Morgan fingerprint density at radius 3 is 3.25 bits per heavy atom. The lowest BCUT2D eigenvalue weighted by molar-refractivity contribution is 0.889. The van der Waals surface area contributed by atoms with Gasteiger partial charge in [-0.2, -0.15) is 5.10 Å². The number of hydrogen-bond donors (Lipinski definition) is 3. The molecular weight excluding hydrogens is 204 g/mol. The molecule has 0 atom stereocenters. The molecule has 6 nitrogen and oxygen atoms in total. The van der Waals surface area contributed by atoms with Crippen LogP contribution in [-0.2, 0) is 6.42 Å². The third kappa shape index (κ3) is 0.837. The third-order valence-corrected chi connectivity index (χ3v) is 2.99. The molecule has 6 heteroatoms. The molecule has 1 aliphatic carbocycles. The highest BCUT2D eigenvalue weighted by Gasteiger charge is 2.13. The van der Waals surface area contributed by atoms with Crippen LogP contribution in [0.3, 0.4) is 0 Å². The lowest BCUT2D eigenvalue weighted by Crippen LogP contribution is -2.15. The van der Waals surface area contributed by atoms with Crippen LogP contribution in [0.5, 0.6) is 0 Å². The molecular formula is C10H8N6. The normalized spacial score (nSPS) is 14.8. The number of aromatic nitrogens is 3. The number of fused-ring (bicyclic) bond motifs is 4. The molecule has 1 aliphatic heterocycles. The van der Waals surface area contributed by atoms with E-state index >= 15 is 0 Å². The molecule has 0 spiro atoms. The fourth-order valence-corrected chi connectivity index (χ4v) is 2.23. The van der Waals surface area contributed by atoms with E-state index in [1.165, 1.54) is 5.56 Å². The zero-order valence-corrected chi connectivity index (χ0v) is 8.28. The SMILES string of the molecule is C1=c2[nH]nnc2=c2ccc3c(c2C1)NNN=3. The summed E-state index contributed by atoms with van der Waals surface area (Å²) in [5, 5.41) is 18.9. The fraction of sp³-hybridized carbons (Fsp3) is 0.100. The van der Waals surface area contributed by atoms with Crippen LogP contribution < -0.4 is 21.7 Å². The van der Waals surface area contributed by atoms with Gasteiger partial charge in [-0.25, -0.2) is 5.53 Å². The number of nitrogens with one attached hydrogen (secondary N) is 3. The van der Waals surface area contributed by atoms with Crippen molar-refractivity contribution >= 4 is 11.8 Å². The number of hydrazine groups is 1. The molecule has 0 radical (unpaired) electrons. The molecule has 3 N–H and O–H groups in total. The summed E-state index contributed by atoms with van der Waals surface area (Å²) in [4.78, 5) is 0. The Balaban J connectivity index is 2.31. The van der Waals surface area contributed by atoms with Crippen LogP contribution in [0.2, 0.25) is 0 Å². The predicted octanol–water partition coefficient (Wildman–Crippen LogP) is -1.11. The Morgan fingerprint density at radius 1 is 1.25 bits per heavy atom. The number of benzene rings is 1. The highest BCUT2D eigenvalue weighted by Crippen LogP contribution is 2.16. The first-order valence-electron chi connectivity index (χ1n) is 5.06. The molecule has 0 fully saturated rings. The number of aromatic amines is 1. The first-order chi connectivity index (χ1) is 7.93. The van der Waals surface area contributed by atoms with Gasteiger partial charge in [0.25, 0.3) is 0 Å². The summed E-state index contributed by atoms with van der Waals surface area (Å²) in [6.07, 6.45) is 2.96. The molecule has 2 heterocycles. The van der Waals surface area contributed by atoms with Gasteiger partial charge in [0.2, 0.25) is 0 Å². The second-order valence-corrected chi connectivity index (χ2v) is 3.82. The van der Waals surface area contributed by atoms with Gasteiger partial charge < -0.3 is 0 Å². The Morgan fingerprint density at radius 2 is 2.25 bits per heavy atom. The summed E-state index contributed by atoms with van der Waals surface area (Å²) in [6, 6.07) is 4.02. The van der Waals surface area contributed by atoms with Gasteiger partial charge in [-0.05, 0) is 18.1 Å². The first-order valence-corrected chi connectivity index (χ1v) is 5.06. The largest absolute Gasteiger partial charge is 0.283 e. The minimum absolute atomic E-state index is 0.861. The maximum Gasteiger partial charge on any atom is 0.120 e. The van der Waals surface area contributed by atoms with E-state index < -0.39 is 0 Å². The zero-order chi connectivity index (χ0) is 10.5. The molecule has 4 rings (SSSR count). The summed E-state index contributed by atoms with van der Waals surface area (Å²) in [5.41, 5.74) is 8.09. The van der Waals surface area contributed by atoms with Gasteiger partial charge in [-0.3, -0.25) is 10.5 Å². The van der Waals surface area contributed by atoms with Gasteiger partial charge in [0.1, 0.15) is 10.7 Å². The van der Waals surface area contributed by atoms with Crippen LogP contribution in [0.1, 0.15) is 5.56 Å². The third-order valence-electron chi connectivity index (χ3n) is 2.99. The maximum absolute atomic E-state index is 4.13. The van der Waals surface area contributed by atoms with Gasteiger partial charge in [-0.1, -0.05) is 17.4 Å². The number of anilines is 1. The average molecular weight is 212 g/mol. The standard InChI is InChI=1S/C10H8N6/c1-3-7-10(14-15-11-7)6-2-4-8-9(5(1)6)13-16-12-8/h1,3-4,14-15H,2H2,(H,12,13). The highest BCUT2D eigenvalue weighted by atomic mass is 15.6. The topological polar surface area (TPSA) is 78.0 Å². The minimum atomic E-state index is 0.861. The van der Waals surface area contributed by atoms with Crippen LogP contribution in [-0.4, -0.2) is 15.4 Å². The Hall–Kier alpha value is -2.37. The number of hydrogen-bond acceptors (Lipinski definition) is 5. The van der Waals surface area contributed by atoms with Crippen molar-refractivity contribution in [3.05, 3.63) is 39.0 Å². The Bertz CT molecular complexity index is 788. The van der Waals surface area contributed by atoms with E-state index in [-0.39, 0.29) is 0 Å². The zero-order valence-electron chi connectivity index (χ0n) is 8.28. The smallest absolute Gasteiger partial charge is 0.120 e.